The van der Waals surface area contributed by atoms with Crippen molar-refractivity contribution in [3.8, 4) is 182 Å². The van der Waals surface area contributed by atoms with Gasteiger partial charge in [-0.15, -0.1) is 22.2 Å². The topological polar surface area (TPSA) is 36.9 Å². The maximum Gasteiger partial charge on any atom is 0.495 e. The first-order chi connectivity index (χ1) is 61.8. The first-order valence-electron chi connectivity index (χ1n) is 44.1. The second kappa shape index (κ2) is 37.9. The van der Waals surface area contributed by atoms with Crippen molar-refractivity contribution in [3.63, 3.8) is 0 Å². The Morgan fingerprint density at radius 2 is 0.602 bits per heavy atom. The van der Waals surface area contributed by atoms with Gasteiger partial charge in [-0.2, -0.15) is 0 Å². The van der Waals surface area contributed by atoms with Crippen molar-refractivity contribution in [1.29, 1.82) is 0 Å². The van der Waals surface area contributed by atoms with Crippen LogP contribution >= 0.6 is 0 Å². The molecule has 128 heavy (non-hydrogen) atoms. The summed E-state index contributed by atoms with van der Waals surface area (Å²) in [6.07, 6.45) is -0.339. The average molecular weight is 1710 g/mol. The molecular formula is C118H98B2O4Si4. The Bertz CT molecular complexity index is 7080. The molecule has 0 saturated carbocycles. The lowest BCUT2D eigenvalue weighted by molar-refractivity contribution is 0.00869. The molecule has 14 aromatic rings. The summed E-state index contributed by atoms with van der Waals surface area (Å²) in [4.78, 5) is 0. The summed E-state index contributed by atoms with van der Waals surface area (Å²) in [5.74, 6) is 41.7. The van der Waals surface area contributed by atoms with E-state index in [0.29, 0.717) is 26.3 Å². The third-order valence-corrected chi connectivity index (χ3v) is 26.1. The Kier molecular flexibility index (Phi) is 25.6. The molecule has 0 amide bonds. The van der Waals surface area contributed by atoms with Crippen molar-refractivity contribution >= 4 is 57.3 Å². The molecule has 16 bridgehead atoms. The fourth-order valence-electron chi connectivity index (χ4n) is 16.0. The highest BCUT2D eigenvalue weighted by Crippen LogP contribution is 2.42. The number of rotatable bonds is 4. The monoisotopic (exact) mass is 1710 g/mol. The summed E-state index contributed by atoms with van der Waals surface area (Å²) >= 11 is 0. The summed E-state index contributed by atoms with van der Waals surface area (Å²) in [5.41, 5.74) is 46.6. The highest BCUT2D eigenvalue weighted by atomic mass is 28.3. The van der Waals surface area contributed by atoms with Crippen LogP contribution in [-0.4, -0.2) is 72.7 Å². The molecule has 616 valence electrons. The van der Waals surface area contributed by atoms with Gasteiger partial charge in [-0.3, -0.25) is 0 Å². The van der Waals surface area contributed by atoms with E-state index in [1.165, 1.54) is 0 Å². The van der Waals surface area contributed by atoms with E-state index in [1.54, 1.807) is 0 Å². The third kappa shape index (κ3) is 21.6. The second-order valence-electron chi connectivity index (χ2n) is 37.2. The van der Waals surface area contributed by atoms with E-state index < -0.39 is 39.4 Å². The molecule has 1 unspecified atom stereocenters. The molecule has 0 spiro atoms. The minimum absolute atomic E-state index is 0.139. The standard InChI is InChI=1S/C118H98B2O4Si4/c1-125(2,3)76-72-92-45-57-97(58-46-92)108-21-15-20-107-96-55-40-89(41-56-96)37-32-87-30-35-88(36-31-87)44-65-102-70-71-104(80-113(102)101-66-51-95(52-67-101)75-79-128(10,11)12)106-18-13-14-19-112(106)115-83-122-119(84-121-115)114-25-17-22-109(98-59-47-93(48-60-98)73-77-126(4,5)6)117(114)103-68-53-91(54-69-103)39-34-86-28-26-85(27-29-86)33-38-90-42-61-99(62-43-90)110-23-16-24-111(118(110)120-123-81-105(82-124-120)116(107)108)100-63-49-94(50-64-100)74-78-127(7,8)9/h13-31,35-36,40-43,45-64,66-71,80,105,115H,81-84H2,1-12H3. The van der Waals surface area contributed by atoms with Gasteiger partial charge in [0.25, 0.3) is 0 Å². The zero-order valence-corrected chi connectivity index (χ0v) is 78.8. The van der Waals surface area contributed by atoms with Gasteiger partial charge in [-0.05, 0) is 257 Å². The van der Waals surface area contributed by atoms with Crippen LogP contribution in [0.5, 0.6) is 0 Å². The minimum Gasteiger partial charge on any atom is -0.426 e. The van der Waals surface area contributed by atoms with Crippen LogP contribution in [0.15, 0.2) is 315 Å². The van der Waals surface area contributed by atoms with Crippen molar-refractivity contribution in [2.24, 2.45) is 0 Å². The summed E-state index contributed by atoms with van der Waals surface area (Å²) in [6.45, 7) is 28.4. The van der Waals surface area contributed by atoms with Gasteiger partial charge in [0.2, 0.25) is 0 Å². The fourth-order valence-corrected chi connectivity index (χ4v) is 18.1. The Morgan fingerprint density at radius 1 is 0.281 bits per heavy atom. The van der Waals surface area contributed by atoms with Gasteiger partial charge in [-0.25, -0.2) is 0 Å². The van der Waals surface area contributed by atoms with Crippen LogP contribution in [-0.2, 0) is 18.7 Å². The van der Waals surface area contributed by atoms with Gasteiger partial charge >= 0.3 is 14.0 Å². The molecule has 4 nitrogen and oxygen atoms in total. The lowest BCUT2D eigenvalue weighted by Crippen LogP contribution is -2.45. The molecule has 1 atom stereocenters. The summed E-state index contributed by atoms with van der Waals surface area (Å²) < 4.78 is 28.6. The van der Waals surface area contributed by atoms with Gasteiger partial charge in [0.05, 0.1) is 13.1 Å². The van der Waals surface area contributed by atoms with Crippen LogP contribution in [0.3, 0.4) is 0 Å². The minimum atomic E-state index is -1.62. The van der Waals surface area contributed by atoms with E-state index in [1.807, 2.05) is 24.3 Å². The molecule has 10 heteroatoms. The first kappa shape index (κ1) is 86.5. The lowest BCUT2D eigenvalue weighted by Gasteiger charge is -2.32. The largest absolute Gasteiger partial charge is 0.495 e. The molecule has 24 aliphatic heterocycles. The highest BCUT2D eigenvalue weighted by molar-refractivity contribution is 6.85. The van der Waals surface area contributed by atoms with Gasteiger partial charge in [0.15, 0.2) is 0 Å². The van der Waals surface area contributed by atoms with E-state index in [9.17, 15) is 0 Å². The Hall–Kier alpha value is -13.6. The number of ether oxygens (including phenoxy) is 1. The SMILES string of the molecule is C[Si](C)(C)C#Cc1ccc(-c2cc3ccc2C#Cc2ccc(cc2)C#Cc2ccc(cc2)-c2cccc(-c4ccc(C#C[Si](C)(C)C)cc4)c2C2COB(OC2)c2c(cccc2-c2ccc(C#C[Si](C)(C)C)cc2)-c2ccc(cc2)C#Cc2ccc(cc2)C#Cc2ccc(cc2)-c2c(cccc2-c2ccc(C#C[Si](C)(C)C)cc2)B2COC(CO2)c2ccccc2-3)cc1. The molecule has 2 saturated heterocycles. The van der Waals surface area contributed by atoms with Crippen LogP contribution in [0.25, 0.3) is 89.0 Å². The van der Waals surface area contributed by atoms with Gasteiger partial charge < -0.3 is 18.7 Å². The molecule has 2 fully saturated rings. The quantitative estimate of drug-likeness (QED) is 0.130. The Balaban J connectivity index is 0.737. The zero-order valence-electron chi connectivity index (χ0n) is 74.8. The van der Waals surface area contributed by atoms with Gasteiger partial charge in [-0.1, -0.05) is 319 Å². The van der Waals surface area contributed by atoms with Gasteiger partial charge in [0.1, 0.15) is 38.4 Å². The van der Waals surface area contributed by atoms with E-state index in [-0.39, 0.29) is 18.9 Å². The Morgan fingerprint density at radius 3 is 1.00 bits per heavy atom. The average Bonchev–Trinajstić information content (AvgIpc) is 0.770. The van der Waals surface area contributed by atoms with E-state index in [0.717, 1.165) is 178 Å². The highest BCUT2D eigenvalue weighted by Gasteiger charge is 2.37. The smallest absolute Gasteiger partial charge is 0.426 e. The normalized spacial score (nSPS) is 14.0. The number of hydrogen-bond acceptors (Lipinski definition) is 4. The van der Waals surface area contributed by atoms with Crippen molar-refractivity contribution in [3.05, 3.63) is 393 Å². The predicted molar refractivity (Wildman–Crippen MR) is 547 cm³/mol. The maximum atomic E-state index is 7.22. The van der Waals surface area contributed by atoms with Crippen LogP contribution in [0, 0.1) is 93.2 Å². The molecule has 0 aliphatic carbocycles. The van der Waals surface area contributed by atoms with Gasteiger partial charge in [0, 0.05) is 85.9 Å². The third-order valence-electron chi connectivity index (χ3n) is 22.6. The lowest BCUT2D eigenvalue weighted by atomic mass is 9.58. The molecule has 0 radical (unpaired) electrons. The molecule has 0 N–H and O–H groups in total. The summed E-state index contributed by atoms with van der Waals surface area (Å²) in [6, 6.07) is 112. The maximum absolute atomic E-state index is 7.22. The van der Waals surface area contributed by atoms with Crippen LogP contribution in [0.4, 0.5) is 0 Å². The first-order valence-corrected chi connectivity index (χ1v) is 58.1. The summed E-state index contributed by atoms with van der Waals surface area (Å²) in [5, 5.41) is 0. The predicted octanol–water partition coefficient (Wildman–Crippen LogP) is 24.9. The second-order valence-corrected chi connectivity index (χ2v) is 56.2. The molecule has 38 rings (SSSR count). The van der Waals surface area contributed by atoms with Crippen molar-refractivity contribution in [2.45, 2.75) is 90.6 Å². The van der Waals surface area contributed by atoms with Crippen molar-refractivity contribution in [2.75, 3.05) is 26.3 Å². The van der Waals surface area contributed by atoms with Crippen LogP contribution in [0.1, 0.15) is 89.9 Å². The molecule has 24 heterocycles. The molecule has 24 aliphatic rings. The number of hydrogen-bond donors (Lipinski definition) is 0. The van der Waals surface area contributed by atoms with Crippen molar-refractivity contribution < 1.29 is 18.7 Å². The molecular weight excluding hydrogens is 1620 g/mol. The summed E-state index contributed by atoms with van der Waals surface area (Å²) in [7, 11) is -7.15. The Labute approximate surface area is 762 Å². The number of benzene rings is 14. The van der Waals surface area contributed by atoms with Crippen LogP contribution < -0.4 is 10.9 Å². The van der Waals surface area contributed by atoms with Crippen molar-refractivity contribution in [1.82, 2.24) is 0 Å². The van der Waals surface area contributed by atoms with Crippen LogP contribution in [0.2, 0.25) is 78.6 Å². The molecule has 14 aromatic carbocycles. The zero-order chi connectivity index (χ0) is 88.5. The van der Waals surface area contributed by atoms with E-state index in [4.69, 9.17) is 18.7 Å². The van der Waals surface area contributed by atoms with E-state index >= 15 is 0 Å². The fraction of sp³-hybridized carbons (Fsp3) is 0.153. The molecule has 0 aromatic heterocycles. The van der Waals surface area contributed by atoms with E-state index in [2.05, 4.69) is 463 Å².